The van der Waals surface area contributed by atoms with Crippen molar-refractivity contribution < 1.29 is 9.52 Å². The predicted octanol–water partition coefficient (Wildman–Crippen LogP) is 2.74. The van der Waals surface area contributed by atoms with Gasteiger partial charge in [-0.25, -0.2) is 4.98 Å². The summed E-state index contributed by atoms with van der Waals surface area (Å²) in [5.74, 6) is 2.09. The van der Waals surface area contributed by atoms with Crippen LogP contribution in [0.3, 0.4) is 0 Å². The topological polar surface area (TPSA) is 49.5 Å². The van der Waals surface area contributed by atoms with E-state index in [0.29, 0.717) is 5.92 Å². The molecule has 1 aliphatic heterocycles. The zero-order valence-corrected chi connectivity index (χ0v) is 12.7. The molecular formula is C15H26N2O2. The second kappa shape index (κ2) is 5.25. The molecule has 2 rings (SSSR count). The van der Waals surface area contributed by atoms with Gasteiger partial charge in [-0.15, -0.1) is 0 Å². The number of rotatable bonds is 3. The van der Waals surface area contributed by atoms with Gasteiger partial charge in [0.05, 0.1) is 18.3 Å². The molecule has 4 heteroatoms. The third-order valence-corrected chi connectivity index (χ3v) is 4.11. The maximum absolute atomic E-state index is 9.67. The first-order valence-electron chi connectivity index (χ1n) is 7.17. The highest BCUT2D eigenvalue weighted by Gasteiger charge is 2.31. The average Bonchev–Trinajstić information content (AvgIpc) is 2.97. The van der Waals surface area contributed by atoms with Crippen molar-refractivity contribution in [2.24, 2.45) is 5.92 Å². The number of hydrogen-bond donors (Lipinski definition) is 1. The Morgan fingerprint density at radius 3 is 2.58 bits per heavy atom. The number of aliphatic hydroxyl groups is 1. The minimum absolute atomic E-state index is 0.00186. The standard InChI is InChI=1S/C15H26N2O2/c1-10(17-7-6-12(9-17)11(2)18)14-16-8-13(19-14)15(3,4)5/h8,10-12,18H,6-7,9H2,1-5H3. The van der Waals surface area contributed by atoms with Crippen LogP contribution in [0.25, 0.3) is 0 Å². The zero-order valence-electron chi connectivity index (χ0n) is 12.7. The van der Waals surface area contributed by atoms with E-state index in [9.17, 15) is 5.11 Å². The number of nitrogens with zero attached hydrogens (tertiary/aromatic N) is 2. The lowest BCUT2D eigenvalue weighted by Gasteiger charge is -2.22. The maximum atomic E-state index is 9.67. The lowest BCUT2D eigenvalue weighted by atomic mass is 9.94. The number of likely N-dealkylation sites (tertiary alicyclic amines) is 1. The summed E-state index contributed by atoms with van der Waals surface area (Å²) in [5.41, 5.74) is -0.00186. The van der Waals surface area contributed by atoms with Gasteiger partial charge in [0, 0.05) is 12.0 Å². The highest BCUT2D eigenvalue weighted by molar-refractivity contribution is 5.07. The van der Waals surface area contributed by atoms with E-state index in [0.717, 1.165) is 31.2 Å². The molecule has 0 amide bonds. The first-order valence-corrected chi connectivity index (χ1v) is 7.17. The number of aliphatic hydroxyl groups excluding tert-OH is 1. The van der Waals surface area contributed by atoms with Crippen LogP contribution in [0.2, 0.25) is 0 Å². The van der Waals surface area contributed by atoms with Gasteiger partial charge in [0.25, 0.3) is 0 Å². The molecule has 3 atom stereocenters. The summed E-state index contributed by atoms with van der Waals surface area (Å²) >= 11 is 0. The van der Waals surface area contributed by atoms with Crippen LogP contribution in [0.1, 0.15) is 58.7 Å². The average molecular weight is 266 g/mol. The minimum Gasteiger partial charge on any atom is -0.443 e. The molecule has 1 fully saturated rings. The highest BCUT2D eigenvalue weighted by atomic mass is 16.4. The molecule has 0 bridgehead atoms. The van der Waals surface area contributed by atoms with Crippen molar-refractivity contribution in [3.05, 3.63) is 17.8 Å². The molecule has 0 aromatic carbocycles. The summed E-state index contributed by atoms with van der Waals surface area (Å²) in [6.45, 7) is 12.3. The van der Waals surface area contributed by atoms with E-state index in [-0.39, 0.29) is 17.6 Å². The summed E-state index contributed by atoms with van der Waals surface area (Å²) in [5, 5.41) is 9.67. The lowest BCUT2D eigenvalue weighted by Crippen LogP contribution is -2.27. The van der Waals surface area contributed by atoms with Crippen molar-refractivity contribution in [2.75, 3.05) is 13.1 Å². The van der Waals surface area contributed by atoms with Crippen LogP contribution in [0.5, 0.6) is 0 Å². The number of aromatic nitrogens is 1. The second-order valence-corrected chi connectivity index (χ2v) is 6.77. The fourth-order valence-electron chi connectivity index (χ4n) is 2.54. The molecule has 1 N–H and O–H groups in total. The van der Waals surface area contributed by atoms with Gasteiger partial charge in [-0.05, 0) is 32.7 Å². The van der Waals surface area contributed by atoms with Crippen LogP contribution in [0.4, 0.5) is 0 Å². The van der Waals surface area contributed by atoms with Gasteiger partial charge in [-0.1, -0.05) is 20.8 Å². The third kappa shape index (κ3) is 3.18. The van der Waals surface area contributed by atoms with Crippen molar-refractivity contribution in [1.82, 2.24) is 9.88 Å². The van der Waals surface area contributed by atoms with Gasteiger partial charge in [0.15, 0.2) is 0 Å². The van der Waals surface area contributed by atoms with E-state index < -0.39 is 0 Å². The Morgan fingerprint density at radius 2 is 2.11 bits per heavy atom. The van der Waals surface area contributed by atoms with Crippen LogP contribution in [0, 0.1) is 5.92 Å². The first kappa shape index (κ1) is 14.5. The molecule has 1 aromatic heterocycles. The molecule has 108 valence electrons. The SMILES string of the molecule is CC(O)C1CCN(C(C)c2ncc(C(C)(C)C)o2)C1. The fourth-order valence-corrected chi connectivity index (χ4v) is 2.54. The van der Waals surface area contributed by atoms with E-state index in [1.807, 2.05) is 13.1 Å². The Balaban J connectivity index is 2.04. The second-order valence-electron chi connectivity index (χ2n) is 6.77. The molecule has 19 heavy (non-hydrogen) atoms. The summed E-state index contributed by atoms with van der Waals surface area (Å²) in [7, 11) is 0. The molecule has 4 nitrogen and oxygen atoms in total. The van der Waals surface area contributed by atoms with E-state index in [1.165, 1.54) is 0 Å². The summed E-state index contributed by atoms with van der Waals surface area (Å²) in [6.07, 6.45) is 2.66. The minimum atomic E-state index is -0.230. The van der Waals surface area contributed by atoms with Crippen LogP contribution in [-0.4, -0.2) is 34.2 Å². The quantitative estimate of drug-likeness (QED) is 0.914. The van der Waals surface area contributed by atoms with Gasteiger partial charge >= 0.3 is 0 Å². The van der Waals surface area contributed by atoms with Crippen molar-refractivity contribution in [2.45, 2.75) is 58.6 Å². The van der Waals surface area contributed by atoms with E-state index >= 15 is 0 Å². The molecular weight excluding hydrogens is 240 g/mol. The van der Waals surface area contributed by atoms with Crippen molar-refractivity contribution in [3.8, 4) is 0 Å². The van der Waals surface area contributed by atoms with Crippen molar-refractivity contribution in [3.63, 3.8) is 0 Å². The summed E-state index contributed by atoms with van der Waals surface area (Å²) in [6, 6.07) is 0.180. The zero-order chi connectivity index (χ0) is 14.2. The smallest absolute Gasteiger partial charge is 0.211 e. The molecule has 0 saturated carbocycles. The van der Waals surface area contributed by atoms with E-state index in [1.54, 1.807) is 0 Å². The molecule has 0 radical (unpaired) electrons. The highest BCUT2D eigenvalue weighted by Crippen LogP contribution is 2.31. The maximum Gasteiger partial charge on any atom is 0.211 e. The van der Waals surface area contributed by atoms with Gasteiger partial charge in [-0.3, -0.25) is 4.90 Å². The molecule has 2 heterocycles. The Bertz CT molecular complexity index is 420. The third-order valence-electron chi connectivity index (χ3n) is 4.11. The molecule has 3 unspecified atom stereocenters. The lowest BCUT2D eigenvalue weighted by molar-refractivity contribution is 0.120. The normalized spacial score (nSPS) is 24.6. The van der Waals surface area contributed by atoms with Crippen LogP contribution < -0.4 is 0 Å². The Hall–Kier alpha value is -0.870. The van der Waals surface area contributed by atoms with Gasteiger partial charge in [-0.2, -0.15) is 0 Å². The van der Waals surface area contributed by atoms with Crippen molar-refractivity contribution in [1.29, 1.82) is 0 Å². The largest absolute Gasteiger partial charge is 0.443 e. The molecule has 1 aliphatic rings. The number of oxazole rings is 1. The van der Waals surface area contributed by atoms with Crippen molar-refractivity contribution >= 4 is 0 Å². The van der Waals surface area contributed by atoms with E-state index in [4.69, 9.17) is 4.42 Å². The van der Waals surface area contributed by atoms with Gasteiger partial charge in [0.1, 0.15) is 5.76 Å². The summed E-state index contributed by atoms with van der Waals surface area (Å²) < 4.78 is 5.90. The van der Waals surface area contributed by atoms with Gasteiger partial charge < -0.3 is 9.52 Å². The predicted molar refractivity (Wildman–Crippen MR) is 75.0 cm³/mol. The van der Waals surface area contributed by atoms with Crippen LogP contribution in [-0.2, 0) is 5.41 Å². The Labute approximate surface area is 115 Å². The Kier molecular flexibility index (Phi) is 4.02. The monoisotopic (exact) mass is 266 g/mol. The molecule has 1 saturated heterocycles. The fraction of sp³-hybridized carbons (Fsp3) is 0.800. The molecule has 0 spiro atoms. The van der Waals surface area contributed by atoms with E-state index in [2.05, 4.69) is 37.6 Å². The molecule has 0 aliphatic carbocycles. The van der Waals surface area contributed by atoms with Crippen LogP contribution in [0.15, 0.2) is 10.6 Å². The molecule has 1 aromatic rings. The Morgan fingerprint density at radius 1 is 1.42 bits per heavy atom. The van der Waals surface area contributed by atoms with Gasteiger partial charge in [0.2, 0.25) is 5.89 Å². The van der Waals surface area contributed by atoms with Crippen LogP contribution >= 0.6 is 0 Å². The first-order chi connectivity index (χ1) is 8.79. The summed E-state index contributed by atoms with van der Waals surface area (Å²) in [4.78, 5) is 6.77. The number of hydrogen-bond acceptors (Lipinski definition) is 4.